The number of esters is 1. The van der Waals surface area contributed by atoms with Crippen LogP contribution in [0.2, 0.25) is 0 Å². The monoisotopic (exact) mass is 266 g/mol. The number of hydrogen-bond donors (Lipinski definition) is 2. The highest BCUT2D eigenvalue weighted by Crippen LogP contribution is 2.19. The van der Waals surface area contributed by atoms with Crippen molar-refractivity contribution in [2.75, 3.05) is 5.73 Å². The summed E-state index contributed by atoms with van der Waals surface area (Å²) in [4.78, 5) is 23.3. The summed E-state index contributed by atoms with van der Waals surface area (Å²) in [6.45, 7) is 1.47. The average Bonchev–Trinajstić information content (AvgIpc) is 3.11. The van der Waals surface area contributed by atoms with Crippen molar-refractivity contribution >= 4 is 17.6 Å². The van der Waals surface area contributed by atoms with Crippen LogP contribution in [0.25, 0.3) is 0 Å². The number of carbonyl (C=O) groups is 2. The van der Waals surface area contributed by atoms with Gasteiger partial charge in [-0.15, -0.1) is 0 Å². The van der Waals surface area contributed by atoms with Crippen LogP contribution in [0.5, 0.6) is 0 Å². The van der Waals surface area contributed by atoms with E-state index >= 15 is 0 Å². The number of carbonyl (C=O) groups excluding carboxylic acids is 2. The van der Waals surface area contributed by atoms with Crippen molar-refractivity contribution in [1.29, 1.82) is 0 Å². The molecule has 1 aliphatic rings. The predicted molar refractivity (Wildman–Crippen MR) is 66.9 cm³/mol. The van der Waals surface area contributed by atoms with Crippen LogP contribution < -0.4 is 11.1 Å². The molecule has 0 bridgehead atoms. The molecule has 1 atom stereocenters. The lowest BCUT2D eigenvalue weighted by Gasteiger charge is -2.13. The number of anilines is 1. The fourth-order valence-corrected chi connectivity index (χ4v) is 1.56. The lowest BCUT2D eigenvalue weighted by atomic mass is 10.2. The van der Waals surface area contributed by atoms with Crippen molar-refractivity contribution in [3.05, 3.63) is 29.6 Å². The summed E-state index contributed by atoms with van der Waals surface area (Å²) < 4.78 is 18.1. The van der Waals surface area contributed by atoms with Crippen molar-refractivity contribution in [2.24, 2.45) is 0 Å². The number of nitrogen functional groups attached to an aromatic ring is 1. The van der Waals surface area contributed by atoms with Gasteiger partial charge in [-0.1, -0.05) is 0 Å². The Kier molecular flexibility index (Phi) is 3.69. The van der Waals surface area contributed by atoms with Gasteiger partial charge in [-0.05, 0) is 38.0 Å². The summed E-state index contributed by atoms with van der Waals surface area (Å²) in [5.74, 6) is -1.74. The second-order valence-corrected chi connectivity index (χ2v) is 4.60. The molecular formula is C13H15FN2O3. The number of nitrogens with one attached hydrogen (secondary N) is 1. The molecular weight excluding hydrogens is 251 g/mol. The van der Waals surface area contributed by atoms with Gasteiger partial charge in [-0.3, -0.25) is 4.79 Å². The molecule has 3 N–H and O–H groups in total. The van der Waals surface area contributed by atoms with E-state index in [1.165, 1.54) is 13.0 Å². The quantitative estimate of drug-likeness (QED) is 0.634. The maximum atomic E-state index is 13.1. The molecule has 2 rings (SSSR count). The highest BCUT2D eigenvalue weighted by Gasteiger charge is 2.27. The van der Waals surface area contributed by atoms with Gasteiger partial charge in [0.15, 0.2) is 6.10 Å². The molecule has 1 aliphatic carbocycles. The molecule has 6 heteroatoms. The number of rotatable bonds is 4. The van der Waals surface area contributed by atoms with E-state index in [1.807, 2.05) is 0 Å². The van der Waals surface area contributed by atoms with Crippen LogP contribution in [-0.4, -0.2) is 24.0 Å². The summed E-state index contributed by atoms with van der Waals surface area (Å²) in [7, 11) is 0. The Morgan fingerprint density at radius 3 is 2.68 bits per heavy atom. The van der Waals surface area contributed by atoms with Gasteiger partial charge >= 0.3 is 5.97 Å². The minimum atomic E-state index is -0.919. The first-order chi connectivity index (χ1) is 8.95. The van der Waals surface area contributed by atoms with Gasteiger partial charge in [0.2, 0.25) is 0 Å². The smallest absolute Gasteiger partial charge is 0.339 e. The summed E-state index contributed by atoms with van der Waals surface area (Å²) in [5, 5.41) is 2.72. The van der Waals surface area contributed by atoms with Crippen LogP contribution >= 0.6 is 0 Å². The predicted octanol–water partition coefficient (Wildman–Crippen LogP) is 1.23. The molecule has 1 fully saturated rings. The van der Waals surface area contributed by atoms with E-state index in [0.717, 1.165) is 25.0 Å². The SMILES string of the molecule is CC(OC(=O)c1cc(N)cc(F)c1)C(=O)NC1CC1. The third kappa shape index (κ3) is 3.67. The zero-order valence-electron chi connectivity index (χ0n) is 10.5. The van der Waals surface area contributed by atoms with Gasteiger partial charge in [0.25, 0.3) is 5.91 Å². The molecule has 102 valence electrons. The highest BCUT2D eigenvalue weighted by atomic mass is 19.1. The van der Waals surface area contributed by atoms with Crippen LogP contribution in [0, 0.1) is 5.82 Å². The molecule has 1 aromatic rings. The van der Waals surface area contributed by atoms with Crippen molar-refractivity contribution in [3.63, 3.8) is 0 Å². The van der Waals surface area contributed by atoms with Gasteiger partial charge in [0.1, 0.15) is 5.82 Å². The summed E-state index contributed by atoms with van der Waals surface area (Å²) in [5.41, 5.74) is 5.55. The fraction of sp³-hybridized carbons (Fsp3) is 0.385. The van der Waals surface area contributed by atoms with Crippen molar-refractivity contribution in [2.45, 2.75) is 31.9 Å². The van der Waals surface area contributed by atoms with Crippen molar-refractivity contribution in [3.8, 4) is 0 Å². The number of amides is 1. The van der Waals surface area contributed by atoms with Crippen LogP contribution in [0.3, 0.4) is 0 Å². The molecule has 0 heterocycles. The van der Waals surface area contributed by atoms with Crippen molar-refractivity contribution in [1.82, 2.24) is 5.32 Å². The first-order valence-electron chi connectivity index (χ1n) is 6.03. The summed E-state index contributed by atoms with van der Waals surface area (Å²) in [6.07, 6.45) is 0.984. The molecule has 1 unspecified atom stereocenters. The third-order valence-electron chi connectivity index (χ3n) is 2.73. The Morgan fingerprint density at radius 1 is 1.42 bits per heavy atom. The molecule has 0 aliphatic heterocycles. The lowest BCUT2D eigenvalue weighted by Crippen LogP contribution is -2.37. The van der Waals surface area contributed by atoms with Crippen LogP contribution in [0.4, 0.5) is 10.1 Å². The Balaban J connectivity index is 1.97. The molecule has 0 saturated heterocycles. The van der Waals surface area contributed by atoms with E-state index in [0.29, 0.717) is 0 Å². The van der Waals surface area contributed by atoms with Crippen molar-refractivity contribution < 1.29 is 18.7 Å². The maximum Gasteiger partial charge on any atom is 0.339 e. The van der Waals surface area contributed by atoms with Crippen LogP contribution in [-0.2, 0) is 9.53 Å². The average molecular weight is 266 g/mol. The first-order valence-corrected chi connectivity index (χ1v) is 6.03. The Labute approximate surface area is 109 Å². The minimum Gasteiger partial charge on any atom is -0.449 e. The number of hydrogen-bond acceptors (Lipinski definition) is 4. The molecule has 0 aromatic heterocycles. The number of benzene rings is 1. The molecule has 5 nitrogen and oxygen atoms in total. The van der Waals surface area contributed by atoms with E-state index in [9.17, 15) is 14.0 Å². The van der Waals surface area contributed by atoms with E-state index in [1.54, 1.807) is 0 Å². The summed E-state index contributed by atoms with van der Waals surface area (Å²) in [6, 6.07) is 3.61. The summed E-state index contributed by atoms with van der Waals surface area (Å²) >= 11 is 0. The lowest BCUT2D eigenvalue weighted by molar-refractivity contribution is -0.129. The van der Waals surface area contributed by atoms with Crippen LogP contribution in [0.1, 0.15) is 30.1 Å². The molecule has 19 heavy (non-hydrogen) atoms. The van der Waals surface area contributed by atoms with E-state index < -0.39 is 17.9 Å². The fourth-order valence-electron chi connectivity index (χ4n) is 1.56. The van der Waals surface area contributed by atoms with E-state index in [4.69, 9.17) is 10.5 Å². The van der Waals surface area contributed by atoms with Gasteiger partial charge in [-0.25, -0.2) is 9.18 Å². The second-order valence-electron chi connectivity index (χ2n) is 4.60. The molecule has 1 amide bonds. The zero-order chi connectivity index (χ0) is 14.0. The second kappa shape index (κ2) is 5.26. The first kappa shape index (κ1) is 13.3. The van der Waals surface area contributed by atoms with Gasteiger partial charge in [-0.2, -0.15) is 0 Å². The Hall–Kier alpha value is -2.11. The number of nitrogens with two attached hydrogens (primary N) is 1. The Morgan fingerprint density at radius 2 is 2.11 bits per heavy atom. The van der Waals surface area contributed by atoms with E-state index in [-0.39, 0.29) is 23.2 Å². The standard InChI is InChI=1S/C13H15FN2O3/c1-7(12(17)16-11-2-3-11)19-13(18)8-4-9(14)6-10(15)5-8/h4-7,11H,2-3,15H2,1H3,(H,16,17). The Bertz CT molecular complexity index is 494. The normalized spacial score (nSPS) is 15.7. The molecule has 1 aromatic carbocycles. The zero-order valence-corrected chi connectivity index (χ0v) is 10.5. The third-order valence-corrected chi connectivity index (χ3v) is 2.73. The maximum absolute atomic E-state index is 13.1. The number of ether oxygens (including phenoxy) is 1. The minimum absolute atomic E-state index is 0.0106. The van der Waals surface area contributed by atoms with Gasteiger partial charge in [0.05, 0.1) is 5.56 Å². The van der Waals surface area contributed by atoms with Gasteiger partial charge < -0.3 is 15.8 Å². The van der Waals surface area contributed by atoms with Gasteiger partial charge in [0, 0.05) is 11.7 Å². The largest absolute Gasteiger partial charge is 0.449 e. The molecule has 0 radical (unpaired) electrons. The number of halogens is 1. The topological polar surface area (TPSA) is 81.4 Å². The highest BCUT2D eigenvalue weighted by molar-refractivity contribution is 5.93. The molecule has 1 saturated carbocycles. The van der Waals surface area contributed by atoms with Crippen LogP contribution in [0.15, 0.2) is 18.2 Å². The van der Waals surface area contributed by atoms with E-state index in [2.05, 4.69) is 5.32 Å². The molecule has 0 spiro atoms.